The normalized spacial score (nSPS) is 14.2. The van der Waals surface area contributed by atoms with Crippen molar-refractivity contribution in [3.05, 3.63) is 82.0 Å². The fraction of sp³-hybridized carbons (Fsp3) is 0.211. The number of rotatable bonds is 5. The van der Waals surface area contributed by atoms with Crippen molar-refractivity contribution in [2.75, 3.05) is 4.90 Å². The lowest BCUT2D eigenvalue weighted by Crippen LogP contribution is -2.24. The maximum atomic E-state index is 11.8. The van der Waals surface area contributed by atoms with E-state index in [0.29, 0.717) is 13.0 Å². The lowest BCUT2D eigenvalue weighted by Gasteiger charge is -2.29. The Morgan fingerprint density at radius 3 is 2.54 bits per heavy atom. The van der Waals surface area contributed by atoms with Crippen LogP contribution in [0.3, 0.4) is 0 Å². The standard InChI is InChI=1S/C19H18N2O3/c22-19-11-5-9-17(13-19)20(14-15-6-2-1-3-7-15)16-8-4-10-18(12-16)21(23)24/h1-4,6-8,10,12-13H,5,9,11,14H2. The van der Waals surface area contributed by atoms with E-state index in [2.05, 4.69) is 0 Å². The molecule has 0 heterocycles. The summed E-state index contributed by atoms with van der Waals surface area (Å²) in [5.41, 5.74) is 2.78. The van der Waals surface area contributed by atoms with Crippen molar-refractivity contribution < 1.29 is 9.72 Å². The molecule has 0 aromatic heterocycles. The Bertz CT molecular complexity index is 784. The Kier molecular flexibility index (Phi) is 4.70. The molecule has 0 saturated heterocycles. The van der Waals surface area contributed by atoms with Gasteiger partial charge in [0.15, 0.2) is 5.78 Å². The van der Waals surface area contributed by atoms with Crippen LogP contribution in [0.1, 0.15) is 24.8 Å². The minimum absolute atomic E-state index is 0.0493. The third-order valence-electron chi connectivity index (χ3n) is 4.07. The van der Waals surface area contributed by atoms with Crippen LogP contribution < -0.4 is 4.90 Å². The first-order valence-electron chi connectivity index (χ1n) is 7.93. The minimum atomic E-state index is -0.398. The van der Waals surface area contributed by atoms with Gasteiger partial charge >= 0.3 is 0 Å². The van der Waals surface area contributed by atoms with Gasteiger partial charge in [-0.25, -0.2) is 0 Å². The summed E-state index contributed by atoms with van der Waals surface area (Å²) in [5.74, 6) is 0.111. The maximum Gasteiger partial charge on any atom is 0.271 e. The highest BCUT2D eigenvalue weighted by atomic mass is 16.6. The summed E-state index contributed by atoms with van der Waals surface area (Å²) in [7, 11) is 0. The Balaban J connectivity index is 1.99. The van der Waals surface area contributed by atoms with E-state index < -0.39 is 4.92 Å². The Morgan fingerprint density at radius 1 is 1.04 bits per heavy atom. The average Bonchev–Trinajstić information content (AvgIpc) is 2.60. The molecule has 0 unspecified atom stereocenters. The summed E-state index contributed by atoms with van der Waals surface area (Å²) >= 11 is 0. The third-order valence-corrected chi connectivity index (χ3v) is 4.07. The molecule has 5 nitrogen and oxygen atoms in total. The van der Waals surface area contributed by atoms with Crippen LogP contribution in [0.15, 0.2) is 66.4 Å². The van der Waals surface area contributed by atoms with Crippen molar-refractivity contribution in [3.63, 3.8) is 0 Å². The van der Waals surface area contributed by atoms with Gasteiger partial charge in [-0.05, 0) is 24.5 Å². The van der Waals surface area contributed by atoms with Crippen LogP contribution in [0.2, 0.25) is 0 Å². The Labute approximate surface area is 140 Å². The van der Waals surface area contributed by atoms with Crippen molar-refractivity contribution in [2.45, 2.75) is 25.8 Å². The van der Waals surface area contributed by atoms with Crippen LogP contribution in [0, 0.1) is 10.1 Å². The molecule has 1 aliphatic carbocycles. The van der Waals surface area contributed by atoms with Gasteiger partial charge in [0.05, 0.1) is 4.92 Å². The van der Waals surface area contributed by atoms with E-state index in [4.69, 9.17) is 0 Å². The zero-order valence-corrected chi connectivity index (χ0v) is 13.2. The lowest BCUT2D eigenvalue weighted by atomic mass is 10.0. The molecule has 2 aromatic carbocycles. The van der Waals surface area contributed by atoms with Crippen LogP contribution in [-0.2, 0) is 11.3 Å². The first-order chi connectivity index (χ1) is 11.6. The predicted octanol–water partition coefficient (Wildman–Crippen LogP) is 4.24. The lowest BCUT2D eigenvalue weighted by molar-refractivity contribution is -0.384. The molecule has 5 heteroatoms. The number of nitro benzene ring substituents is 1. The first-order valence-corrected chi connectivity index (χ1v) is 7.93. The Morgan fingerprint density at radius 2 is 1.83 bits per heavy atom. The number of anilines is 1. The molecule has 0 radical (unpaired) electrons. The van der Waals surface area contributed by atoms with E-state index in [1.165, 1.54) is 6.07 Å². The molecule has 0 fully saturated rings. The molecular formula is C19H18N2O3. The predicted molar refractivity (Wildman–Crippen MR) is 92.7 cm³/mol. The second-order valence-corrected chi connectivity index (χ2v) is 5.80. The molecule has 0 saturated carbocycles. The molecule has 0 amide bonds. The number of carbonyl (C=O) groups excluding carboxylic acids is 1. The van der Waals surface area contributed by atoms with Gasteiger partial charge < -0.3 is 4.90 Å². The fourth-order valence-corrected chi connectivity index (χ4v) is 2.89. The Hall–Kier alpha value is -2.95. The van der Waals surface area contributed by atoms with Crippen LogP contribution in [0.25, 0.3) is 0 Å². The second kappa shape index (κ2) is 7.08. The van der Waals surface area contributed by atoms with Crippen molar-refractivity contribution >= 4 is 17.2 Å². The van der Waals surface area contributed by atoms with Crippen molar-refractivity contribution in [3.8, 4) is 0 Å². The number of non-ortho nitro benzene ring substituents is 1. The number of benzene rings is 2. The topological polar surface area (TPSA) is 63.5 Å². The van der Waals surface area contributed by atoms with E-state index in [1.54, 1.807) is 18.2 Å². The summed E-state index contributed by atoms with van der Waals surface area (Å²) in [6.45, 7) is 0.571. The monoisotopic (exact) mass is 322 g/mol. The zero-order chi connectivity index (χ0) is 16.9. The highest BCUT2D eigenvalue weighted by molar-refractivity contribution is 5.91. The number of nitrogens with zero attached hydrogens (tertiary/aromatic N) is 2. The molecule has 0 bridgehead atoms. The highest BCUT2D eigenvalue weighted by Gasteiger charge is 2.19. The quantitative estimate of drug-likeness (QED) is 0.610. The number of allylic oxidation sites excluding steroid dienone is 2. The van der Waals surface area contributed by atoms with Gasteiger partial charge in [0.25, 0.3) is 5.69 Å². The van der Waals surface area contributed by atoms with Gasteiger partial charge in [0.1, 0.15) is 0 Å². The average molecular weight is 322 g/mol. The SMILES string of the molecule is O=C1C=C(N(Cc2ccccc2)c2cccc([N+](=O)[O-])c2)CCC1. The molecule has 0 spiro atoms. The van der Waals surface area contributed by atoms with Gasteiger partial charge in [-0.1, -0.05) is 36.4 Å². The van der Waals surface area contributed by atoms with E-state index >= 15 is 0 Å². The van der Waals surface area contributed by atoms with Gasteiger partial charge in [-0.2, -0.15) is 0 Å². The molecule has 0 atom stereocenters. The van der Waals surface area contributed by atoms with Crippen LogP contribution >= 0.6 is 0 Å². The van der Waals surface area contributed by atoms with Crippen molar-refractivity contribution in [2.24, 2.45) is 0 Å². The minimum Gasteiger partial charge on any atom is -0.340 e. The number of nitro groups is 1. The molecule has 1 aliphatic rings. The summed E-state index contributed by atoms with van der Waals surface area (Å²) in [6, 6.07) is 16.4. The fourth-order valence-electron chi connectivity index (χ4n) is 2.89. The van der Waals surface area contributed by atoms with E-state index in [1.807, 2.05) is 41.3 Å². The number of hydrogen-bond donors (Lipinski definition) is 0. The smallest absolute Gasteiger partial charge is 0.271 e. The number of hydrogen-bond acceptors (Lipinski definition) is 4. The van der Waals surface area contributed by atoms with E-state index in [-0.39, 0.29) is 11.5 Å². The summed E-state index contributed by atoms with van der Waals surface area (Å²) < 4.78 is 0. The first kappa shape index (κ1) is 15.9. The maximum absolute atomic E-state index is 11.8. The van der Waals surface area contributed by atoms with Gasteiger partial charge in [-0.15, -0.1) is 0 Å². The van der Waals surface area contributed by atoms with Gasteiger partial charge in [0.2, 0.25) is 0 Å². The third kappa shape index (κ3) is 3.68. The molecular weight excluding hydrogens is 304 g/mol. The largest absolute Gasteiger partial charge is 0.340 e. The zero-order valence-electron chi connectivity index (χ0n) is 13.2. The molecule has 122 valence electrons. The molecule has 3 rings (SSSR count). The number of carbonyl (C=O) groups is 1. The van der Waals surface area contributed by atoms with Crippen LogP contribution in [0.5, 0.6) is 0 Å². The summed E-state index contributed by atoms with van der Waals surface area (Å²) in [4.78, 5) is 24.5. The highest BCUT2D eigenvalue weighted by Crippen LogP contribution is 2.30. The molecule has 0 N–H and O–H groups in total. The van der Waals surface area contributed by atoms with E-state index in [9.17, 15) is 14.9 Å². The van der Waals surface area contributed by atoms with E-state index in [0.717, 1.165) is 29.8 Å². The number of ketones is 1. The second-order valence-electron chi connectivity index (χ2n) is 5.80. The van der Waals surface area contributed by atoms with Crippen LogP contribution in [-0.4, -0.2) is 10.7 Å². The summed E-state index contributed by atoms with van der Waals surface area (Å²) in [6.07, 6.45) is 3.84. The molecule has 2 aromatic rings. The summed E-state index contributed by atoms with van der Waals surface area (Å²) in [5, 5.41) is 11.1. The van der Waals surface area contributed by atoms with Crippen molar-refractivity contribution in [1.82, 2.24) is 0 Å². The van der Waals surface area contributed by atoms with Crippen molar-refractivity contribution in [1.29, 1.82) is 0 Å². The molecule has 0 aliphatic heterocycles. The van der Waals surface area contributed by atoms with Crippen LogP contribution in [0.4, 0.5) is 11.4 Å². The molecule has 24 heavy (non-hydrogen) atoms. The van der Waals surface area contributed by atoms with Gasteiger partial charge in [-0.3, -0.25) is 14.9 Å². The van der Waals surface area contributed by atoms with Gasteiger partial charge in [0, 0.05) is 42.6 Å².